The van der Waals surface area contributed by atoms with Crippen molar-refractivity contribution in [1.82, 2.24) is 0 Å². The summed E-state index contributed by atoms with van der Waals surface area (Å²) < 4.78 is 0. The van der Waals surface area contributed by atoms with Crippen molar-refractivity contribution in [2.24, 2.45) is 0 Å². The Labute approximate surface area is 288 Å². The normalized spacial score (nSPS) is 12.9. The molecule has 1 aliphatic carbocycles. The third kappa shape index (κ3) is 4.91. The molecule has 0 heterocycles. The summed E-state index contributed by atoms with van der Waals surface area (Å²) >= 11 is 0. The van der Waals surface area contributed by atoms with Crippen LogP contribution in [0.15, 0.2) is 182 Å². The molecule has 232 valence electrons. The van der Waals surface area contributed by atoms with Crippen LogP contribution in [0.1, 0.15) is 25.0 Å². The molecule has 8 aromatic rings. The third-order valence-electron chi connectivity index (χ3n) is 10.6. The highest BCUT2D eigenvalue weighted by Crippen LogP contribution is 2.50. The van der Waals surface area contributed by atoms with Crippen molar-refractivity contribution in [3.05, 3.63) is 193 Å². The van der Waals surface area contributed by atoms with Crippen LogP contribution in [0.5, 0.6) is 0 Å². The van der Waals surface area contributed by atoms with Gasteiger partial charge in [-0.25, -0.2) is 0 Å². The summed E-state index contributed by atoms with van der Waals surface area (Å²) in [6.07, 6.45) is 0. The highest BCUT2D eigenvalue weighted by atomic mass is 14.4. The first-order chi connectivity index (χ1) is 24.1. The van der Waals surface area contributed by atoms with Crippen LogP contribution in [-0.4, -0.2) is 0 Å². The minimum atomic E-state index is -0.0277. The second-order valence-electron chi connectivity index (χ2n) is 13.7. The highest BCUT2D eigenvalue weighted by Gasteiger charge is 2.35. The molecule has 0 aliphatic heterocycles. The van der Waals surface area contributed by atoms with E-state index in [1.165, 1.54) is 88.0 Å². The fourth-order valence-electron chi connectivity index (χ4n) is 7.98. The minimum Gasteiger partial charge on any atom is -0.0619 e. The first-order valence-electron chi connectivity index (χ1n) is 17.2. The lowest BCUT2D eigenvalue weighted by Crippen LogP contribution is -2.14. The van der Waals surface area contributed by atoms with Gasteiger partial charge < -0.3 is 0 Å². The van der Waals surface area contributed by atoms with Gasteiger partial charge in [0.05, 0.1) is 0 Å². The van der Waals surface area contributed by atoms with E-state index in [0.717, 1.165) is 0 Å². The fraction of sp³-hybridized carbons (Fsp3) is 0.0612. The quantitative estimate of drug-likeness (QED) is 0.183. The Hall–Kier alpha value is -5.98. The number of hydrogen-bond acceptors (Lipinski definition) is 0. The first-order valence-corrected chi connectivity index (χ1v) is 17.2. The van der Waals surface area contributed by atoms with Crippen molar-refractivity contribution >= 4 is 32.3 Å². The maximum atomic E-state index is 2.43. The number of fused-ring (bicyclic) bond motifs is 6. The predicted molar refractivity (Wildman–Crippen MR) is 210 cm³/mol. The van der Waals surface area contributed by atoms with E-state index in [1.54, 1.807) is 0 Å². The second kappa shape index (κ2) is 11.6. The van der Waals surface area contributed by atoms with Gasteiger partial charge in [-0.3, -0.25) is 0 Å². The van der Waals surface area contributed by atoms with Gasteiger partial charge in [0.1, 0.15) is 0 Å². The van der Waals surface area contributed by atoms with E-state index in [-0.39, 0.29) is 5.41 Å². The largest absolute Gasteiger partial charge is 0.0619 e. The van der Waals surface area contributed by atoms with Crippen LogP contribution in [0.2, 0.25) is 0 Å². The monoisotopic (exact) mass is 624 g/mol. The van der Waals surface area contributed by atoms with Crippen molar-refractivity contribution in [3.63, 3.8) is 0 Å². The Bertz CT molecular complexity index is 2620. The Balaban J connectivity index is 1.15. The SMILES string of the molecule is CC1(C)c2ccccc2-c2ccc(-c3ccc(-c4ccc(-c5ccc6ccccc6cccc6ccccc56)cc4)c4ccccc34)cc21. The molecule has 0 atom stereocenters. The molecule has 9 rings (SSSR count). The summed E-state index contributed by atoms with van der Waals surface area (Å²) in [6, 6.07) is 66.9. The van der Waals surface area contributed by atoms with Crippen LogP contribution in [0.3, 0.4) is 0 Å². The number of benzene rings is 7. The van der Waals surface area contributed by atoms with Gasteiger partial charge >= 0.3 is 0 Å². The molecule has 1 aliphatic rings. The van der Waals surface area contributed by atoms with Gasteiger partial charge in [0.15, 0.2) is 0 Å². The van der Waals surface area contributed by atoms with E-state index in [0.29, 0.717) is 0 Å². The molecule has 0 aromatic heterocycles. The zero-order valence-corrected chi connectivity index (χ0v) is 27.8. The van der Waals surface area contributed by atoms with Crippen LogP contribution in [0.4, 0.5) is 0 Å². The molecular weight excluding hydrogens is 589 g/mol. The van der Waals surface area contributed by atoms with Crippen molar-refractivity contribution < 1.29 is 0 Å². The molecule has 0 saturated heterocycles. The van der Waals surface area contributed by atoms with Crippen LogP contribution >= 0.6 is 0 Å². The van der Waals surface area contributed by atoms with Gasteiger partial charge in [0.2, 0.25) is 0 Å². The zero-order chi connectivity index (χ0) is 33.0. The summed E-state index contributed by atoms with van der Waals surface area (Å²) in [5.74, 6) is 0. The molecule has 0 bridgehead atoms. The molecule has 0 unspecified atom stereocenters. The van der Waals surface area contributed by atoms with Crippen molar-refractivity contribution in [1.29, 1.82) is 0 Å². The molecule has 8 aromatic carbocycles. The third-order valence-corrected chi connectivity index (χ3v) is 10.6. The lowest BCUT2D eigenvalue weighted by molar-refractivity contribution is 0.660. The summed E-state index contributed by atoms with van der Waals surface area (Å²) in [4.78, 5) is 0. The molecule has 49 heavy (non-hydrogen) atoms. The van der Waals surface area contributed by atoms with Crippen molar-refractivity contribution in [3.8, 4) is 44.5 Å². The standard InChI is InChI=1S/C49H36/c1-49(2)47-21-10-9-20-45(47)46-29-27-38(32-48(46)49)42-31-30-41(43-18-7-8-19-44(42)43)37-24-22-36(23-25-37)40-28-26-34-13-4-3-12-33(34)15-11-16-35-14-5-6-17-39(35)40/h3-32H,1-2H3. The summed E-state index contributed by atoms with van der Waals surface area (Å²) in [7, 11) is 0. The zero-order valence-electron chi connectivity index (χ0n) is 27.8. The summed E-state index contributed by atoms with van der Waals surface area (Å²) in [5.41, 5.74) is 12.9. The molecule has 0 spiro atoms. The van der Waals surface area contributed by atoms with Gasteiger partial charge in [-0.1, -0.05) is 190 Å². The van der Waals surface area contributed by atoms with Crippen molar-refractivity contribution in [2.45, 2.75) is 19.3 Å². The van der Waals surface area contributed by atoms with Crippen LogP contribution in [-0.2, 0) is 5.41 Å². The molecule has 0 saturated carbocycles. The smallest absolute Gasteiger partial charge is 0.0159 e. The predicted octanol–water partition coefficient (Wildman–Crippen LogP) is 13.6. The minimum absolute atomic E-state index is 0.0277. The van der Waals surface area contributed by atoms with E-state index >= 15 is 0 Å². The van der Waals surface area contributed by atoms with Gasteiger partial charge in [-0.05, 0) is 94.0 Å². The summed E-state index contributed by atoms with van der Waals surface area (Å²) in [6.45, 7) is 4.71. The summed E-state index contributed by atoms with van der Waals surface area (Å²) in [5, 5.41) is 7.41. The van der Waals surface area contributed by atoms with E-state index in [2.05, 4.69) is 196 Å². The number of rotatable bonds is 3. The van der Waals surface area contributed by atoms with Crippen molar-refractivity contribution in [2.75, 3.05) is 0 Å². The molecule has 0 radical (unpaired) electrons. The van der Waals surface area contributed by atoms with E-state index in [1.807, 2.05) is 0 Å². The molecule has 0 amide bonds. The number of hydrogen-bond donors (Lipinski definition) is 0. The Kier molecular flexibility index (Phi) is 6.92. The topological polar surface area (TPSA) is 0 Å². The lowest BCUT2D eigenvalue weighted by atomic mass is 9.81. The molecule has 0 fully saturated rings. The van der Waals surface area contributed by atoms with Gasteiger partial charge in [0, 0.05) is 5.41 Å². The van der Waals surface area contributed by atoms with Gasteiger partial charge in [0.25, 0.3) is 0 Å². The second-order valence-corrected chi connectivity index (χ2v) is 13.7. The van der Waals surface area contributed by atoms with E-state index in [9.17, 15) is 0 Å². The highest BCUT2D eigenvalue weighted by molar-refractivity contribution is 6.05. The Morgan fingerprint density at radius 1 is 0.286 bits per heavy atom. The van der Waals surface area contributed by atoms with E-state index < -0.39 is 0 Å². The maximum absolute atomic E-state index is 2.43. The molecule has 0 heteroatoms. The Morgan fingerprint density at radius 2 is 0.714 bits per heavy atom. The maximum Gasteiger partial charge on any atom is 0.0159 e. The Morgan fingerprint density at radius 3 is 1.43 bits per heavy atom. The van der Waals surface area contributed by atoms with Gasteiger partial charge in [-0.2, -0.15) is 0 Å². The average molecular weight is 625 g/mol. The molecule has 0 nitrogen and oxygen atoms in total. The first kappa shape index (κ1) is 29.2. The van der Waals surface area contributed by atoms with Crippen LogP contribution < -0.4 is 0 Å². The van der Waals surface area contributed by atoms with E-state index in [4.69, 9.17) is 0 Å². The molecular formula is C49H36. The van der Waals surface area contributed by atoms with Gasteiger partial charge in [-0.15, -0.1) is 0 Å². The molecule has 0 N–H and O–H groups in total. The fourth-order valence-corrected chi connectivity index (χ4v) is 7.98. The lowest BCUT2D eigenvalue weighted by Gasteiger charge is -2.22. The average Bonchev–Trinajstić information content (AvgIpc) is 3.38. The van der Waals surface area contributed by atoms with Crippen LogP contribution in [0.25, 0.3) is 76.8 Å². The van der Waals surface area contributed by atoms with Crippen LogP contribution in [0, 0.1) is 0 Å².